The first kappa shape index (κ1) is 10.2. The molecular formula is C8H10FN3O2. The fraction of sp³-hybridized carbons (Fsp3) is 0.250. The molecule has 0 saturated carbocycles. The molecule has 0 radical (unpaired) electrons. The highest BCUT2D eigenvalue weighted by Crippen LogP contribution is 2.08. The Labute approximate surface area is 80.1 Å². The molecule has 14 heavy (non-hydrogen) atoms. The molecule has 0 spiro atoms. The third kappa shape index (κ3) is 3.26. The van der Waals surface area contributed by atoms with Gasteiger partial charge in [-0.2, -0.15) is 0 Å². The summed E-state index contributed by atoms with van der Waals surface area (Å²) in [5, 5.41) is 2.39. The van der Waals surface area contributed by atoms with Crippen molar-refractivity contribution in [1.82, 2.24) is 10.3 Å². The zero-order chi connectivity index (χ0) is 10.4. The number of urea groups is 1. The fourth-order valence-electron chi connectivity index (χ4n) is 0.884. The predicted octanol–water partition coefficient (Wildman–Crippen LogP) is 0.556. The molecule has 2 amide bonds. The van der Waals surface area contributed by atoms with Gasteiger partial charge in [-0.3, -0.25) is 0 Å². The summed E-state index contributed by atoms with van der Waals surface area (Å²) in [5.41, 5.74) is 5.62. The van der Waals surface area contributed by atoms with E-state index < -0.39 is 12.9 Å². The molecule has 6 heteroatoms. The minimum absolute atomic E-state index is 0.177. The lowest BCUT2D eigenvalue weighted by molar-refractivity contribution is 0.184. The van der Waals surface area contributed by atoms with E-state index in [1.807, 2.05) is 0 Å². The summed E-state index contributed by atoms with van der Waals surface area (Å²) in [6.07, 6.45) is 1.46. The van der Waals surface area contributed by atoms with E-state index in [-0.39, 0.29) is 12.4 Å². The highest BCUT2D eigenvalue weighted by molar-refractivity contribution is 5.71. The van der Waals surface area contributed by atoms with E-state index in [1.54, 1.807) is 6.07 Å². The summed E-state index contributed by atoms with van der Waals surface area (Å²) in [4.78, 5) is 14.1. The van der Waals surface area contributed by atoms with Crippen molar-refractivity contribution in [3.63, 3.8) is 0 Å². The first-order valence-electron chi connectivity index (χ1n) is 3.89. The largest absolute Gasteiger partial charge is 0.446 e. The first-order chi connectivity index (χ1) is 6.72. The number of amides is 2. The fourth-order valence-corrected chi connectivity index (χ4v) is 0.884. The van der Waals surface area contributed by atoms with E-state index in [4.69, 9.17) is 5.73 Å². The van der Waals surface area contributed by atoms with E-state index in [9.17, 15) is 9.18 Å². The Hall–Kier alpha value is -1.85. The molecule has 0 aliphatic heterocycles. The number of rotatable bonds is 4. The van der Waals surface area contributed by atoms with Gasteiger partial charge in [0.05, 0.1) is 0 Å². The van der Waals surface area contributed by atoms with Crippen molar-refractivity contribution in [2.75, 3.05) is 6.86 Å². The van der Waals surface area contributed by atoms with Crippen molar-refractivity contribution in [1.29, 1.82) is 0 Å². The Morgan fingerprint density at radius 1 is 1.71 bits per heavy atom. The summed E-state index contributed by atoms with van der Waals surface area (Å²) in [7, 11) is 0. The second kappa shape index (κ2) is 5.00. The van der Waals surface area contributed by atoms with Crippen LogP contribution < -0.4 is 15.8 Å². The number of ether oxygens (including phenoxy) is 1. The van der Waals surface area contributed by atoms with Crippen LogP contribution in [0.3, 0.4) is 0 Å². The molecule has 0 aliphatic carbocycles. The van der Waals surface area contributed by atoms with Crippen molar-refractivity contribution in [3.05, 3.63) is 23.9 Å². The average Bonchev–Trinajstić information content (AvgIpc) is 2.16. The van der Waals surface area contributed by atoms with Crippen LogP contribution in [0, 0.1) is 0 Å². The number of pyridine rings is 1. The van der Waals surface area contributed by atoms with Crippen molar-refractivity contribution in [2.24, 2.45) is 5.73 Å². The number of aromatic nitrogens is 1. The van der Waals surface area contributed by atoms with Crippen LogP contribution in [-0.2, 0) is 6.54 Å². The maximum atomic E-state index is 11.8. The van der Waals surface area contributed by atoms with Crippen LogP contribution >= 0.6 is 0 Å². The van der Waals surface area contributed by atoms with Gasteiger partial charge in [-0.15, -0.1) is 0 Å². The molecule has 0 aliphatic rings. The van der Waals surface area contributed by atoms with Crippen LogP contribution in [0.4, 0.5) is 9.18 Å². The predicted molar refractivity (Wildman–Crippen MR) is 47.3 cm³/mol. The monoisotopic (exact) mass is 199 g/mol. The van der Waals surface area contributed by atoms with Crippen LogP contribution in [0.25, 0.3) is 0 Å². The molecule has 1 rings (SSSR count). The van der Waals surface area contributed by atoms with Crippen molar-refractivity contribution in [3.8, 4) is 5.88 Å². The maximum Gasteiger partial charge on any atom is 0.312 e. The highest BCUT2D eigenvalue weighted by Gasteiger charge is 1.98. The molecule has 0 aromatic carbocycles. The molecule has 0 bridgehead atoms. The molecule has 1 aromatic heterocycles. The van der Waals surface area contributed by atoms with E-state index in [0.29, 0.717) is 0 Å². The smallest absolute Gasteiger partial charge is 0.312 e. The summed E-state index contributed by atoms with van der Waals surface area (Å²) >= 11 is 0. The molecule has 1 heterocycles. The number of alkyl halides is 1. The normalized spacial score (nSPS) is 9.50. The van der Waals surface area contributed by atoms with Gasteiger partial charge in [0.15, 0.2) is 0 Å². The third-order valence-electron chi connectivity index (χ3n) is 1.47. The molecule has 0 saturated heterocycles. The molecule has 0 atom stereocenters. The number of nitrogens with zero attached hydrogens (tertiary/aromatic N) is 1. The van der Waals surface area contributed by atoms with Gasteiger partial charge < -0.3 is 15.8 Å². The van der Waals surface area contributed by atoms with Gasteiger partial charge in [0.1, 0.15) is 0 Å². The van der Waals surface area contributed by atoms with Crippen molar-refractivity contribution < 1.29 is 13.9 Å². The summed E-state index contributed by atoms with van der Waals surface area (Å²) in [6, 6.07) is 2.58. The molecular weight excluding hydrogens is 189 g/mol. The van der Waals surface area contributed by atoms with Gasteiger partial charge in [-0.05, 0) is 11.6 Å². The van der Waals surface area contributed by atoms with Crippen LogP contribution in [-0.4, -0.2) is 17.9 Å². The Morgan fingerprint density at radius 2 is 2.50 bits per heavy atom. The van der Waals surface area contributed by atoms with Gasteiger partial charge >= 0.3 is 6.03 Å². The first-order valence-corrected chi connectivity index (χ1v) is 3.89. The second-order valence-corrected chi connectivity index (χ2v) is 2.47. The minimum atomic E-state index is -0.931. The number of nitrogens with one attached hydrogen (secondary N) is 1. The van der Waals surface area contributed by atoms with Gasteiger partial charge in [-0.25, -0.2) is 14.2 Å². The maximum absolute atomic E-state index is 11.8. The van der Waals surface area contributed by atoms with Crippen LogP contribution in [0.5, 0.6) is 5.88 Å². The number of carbonyl (C=O) groups excluding carboxylic acids is 1. The number of halogens is 1. The second-order valence-electron chi connectivity index (χ2n) is 2.47. The lowest BCUT2D eigenvalue weighted by Crippen LogP contribution is -2.28. The summed E-state index contributed by atoms with van der Waals surface area (Å²) in [5.74, 6) is 0.177. The Kier molecular flexibility index (Phi) is 3.66. The van der Waals surface area contributed by atoms with E-state index >= 15 is 0 Å². The van der Waals surface area contributed by atoms with E-state index in [2.05, 4.69) is 15.0 Å². The van der Waals surface area contributed by atoms with Gasteiger partial charge in [-0.1, -0.05) is 0 Å². The molecule has 0 unspecified atom stereocenters. The highest BCUT2D eigenvalue weighted by atomic mass is 19.1. The minimum Gasteiger partial charge on any atom is -0.446 e. The number of nitrogens with two attached hydrogens (primary N) is 1. The number of hydrogen-bond acceptors (Lipinski definition) is 3. The van der Waals surface area contributed by atoms with Gasteiger partial charge in [0.2, 0.25) is 12.7 Å². The quantitative estimate of drug-likeness (QED) is 0.743. The van der Waals surface area contributed by atoms with E-state index in [0.717, 1.165) is 5.56 Å². The van der Waals surface area contributed by atoms with Gasteiger partial charge in [0.25, 0.3) is 0 Å². The number of carbonyl (C=O) groups is 1. The Morgan fingerprint density at radius 3 is 3.14 bits per heavy atom. The number of hydrogen-bond donors (Lipinski definition) is 2. The Balaban J connectivity index is 2.58. The van der Waals surface area contributed by atoms with Crippen LogP contribution in [0.1, 0.15) is 5.56 Å². The van der Waals surface area contributed by atoms with Crippen molar-refractivity contribution >= 4 is 6.03 Å². The van der Waals surface area contributed by atoms with Gasteiger partial charge in [0, 0.05) is 18.8 Å². The lowest BCUT2D eigenvalue weighted by atomic mass is 10.2. The zero-order valence-corrected chi connectivity index (χ0v) is 7.37. The third-order valence-corrected chi connectivity index (χ3v) is 1.47. The van der Waals surface area contributed by atoms with Crippen LogP contribution in [0.15, 0.2) is 18.3 Å². The zero-order valence-electron chi connectivity index (χ0n) is 7.37. The SMILES string of the molecule is NC(=O)NCc1ccnc(OCF)c1. The molecule has 3 N–H and O–H groups in total. The van der Waals surface area contributed by atoms with E-state index in [1.165, 1.54) is 12.3 Å². The molecule has 0 fully saturated rings. The molecule has 1 aromatic rings. The van der Waals surface area contributed by atoms with Crippen molar-refractivity contribution in [2.45, 2.75) is 6.54 Å². The lowest BCUT2D eigenvalue weighted by Gasteiger charge is -2.04. The summed E-state index contributed by atoms with van der Waals surface area (Å²) < 4.78 is 16.3. The average molecular weight is 199 g/mol. The summed E-state index contributed by atoms with van der Waals surface area (Å²) in [6.45, 7) is -0.666. The van der Waals surface area contributed by atoms with Crippen LogP contribution in [0.2, 0.25) is 0 Å². The standard InChI is InChI=1S/C8H10FN3O2/c9-5-14-7-3-6(1-2-11-7)4-12-8(10)13/h1-3H,4-5H2,(H3,10,12,13). The molecule has 5 nitrogen and oxygen atoms in total. The topological polar surface area (TPSA) is 77.2 Å². The number of primary amides is 1. The molecule has 76 valence electrons. The Bertz CT molecular complexity index is 319.